The third kappa shape index (κ3) is 2.60. The minimum atomic E-state index is -1.07. The molecule has 0 radical (unpaired) electrons. The fraction of sp³-hybridized carbons (Fsp3) is 0.421. The van der Waals surface area contributed by atoms with Gasteiger partial charge in [0.1, 0.15) is 24.1 Å². The zero-order chi connectivity index (χ0) is 18.5. The number of aromatic nitrogens is 4. The Balaban J connectivity index is 1.40. The smallest absolute Gasteiger partial charge is 0.167 e. The average Bonchev–Trinajstić information content (AvgIpc) is 3.35. The molecule has 1 aliphatic heterocycles. The Kier molecular flexibility index (Phi) is 3.85. The number of nitrogen functional groups attached to an aromatic ring is 1. The summed E-state index contributed by atoms with van der Waals surface area (Å²) in [5.41, 5.74) is 9.44. The fourth-order valence-corrected chi connectivity index (χ4v) is 4.38. The van der Waals surface area contributed by atoms with Crippen LogP contribution in [0.2, 0.25) is 0 Å². The van der Waals surface area contributed by atoms with Crippen molar-refractivity contribution in [1.82, 2.24) is 19.5 Å². The van der Waals surface area contributed by atoms with Crippen molar-refractivity contribution in [2.75, 3.05) is 5.73 Å². The van der Waals surface area contributed by atoms with Gasteiger partial charge < -0.3 is 20.7 Å². The molecule has 0 amide bonds. The summed E-state index contributed by atoms with van der Waals surface area (Å²) in [5.74, 6) is 0.593. The highest BCUT2D eigenvalue weighted by molar-refractivity contribution is 5.81. The van der Waals surface area contributed by atoms with E-state index in [0.717, 1.165) is 12.8 Å². The number of nitrogens with two attached hydrogens (primary N) is 1. The molecule has 2 aliphatic rings. The normalized spacial score (nSPS) is 30.1. The van der Waals surface area contributed by atoms with Gasteiger partial charge in [0.15, 0.2) is 17.7 Å². The van der Waals surface area contributed by atoms with Crippen molar-refractivity contribution < 1.29 is 14.9 Å². The SMILES string of the molecule is Nc1ncnc2c1ncn2[C@@H]1O[C@H](CC2CCc3ccccc32)[C@@H](O)[C@H]1O. The number of imidazole rings is 1. The third-order valence-corrected chi connectivity index (χ3v) is 5.77. The van der Waals surface area contributed by atoms with E-state index < -0.39 is 24.5 Å². The molecule has 1 unspecified atom stereocenters. The van der Waals surface area contributed by atoms with Crippen LogP contribution < -0.4 is 5.73 Å². The van der Waals surface area contributed by atoms with Crippen molar-refractivity contribution in [2.24, 2.45) is 0 Å². The molecular formula is C19H21N5O3. The van der Waals surface area contributed by atoms with E-state index in [1.165, 1.54) is 23.8 Å². The summed E-state index contributed by atoms with van der Waals surface area (Å²) in [4.78, 5) is 12.3. The highest BCUT2D eigenvalue weighted by Gasteiger charge is 2.45. The van der Waals surface area contributed by atoms with E-state index in [1.807, 2.05) is 6.07 Å². The summed E-state index contributed by atoms with van der Waals surface area (Å²) in [7, 11) is 0. The first-order chi connectivity index (χ1) is 13.1. The van der Waals surface area contributed by atoms with Gasteiger partial charge in [-0.3, -0.25) is 4.57 Å². The van der Waals surface area contributed by atoms with Gasteiger partial charge in [0.2, 0.25) is 0 Å². The standard InChI is InChI=1S/C19H21N5O3/c20-17-14-18(22-8-21-17)24(9-23-14)19-16(26)15(25)13(27-19)7-11-6-5-10-3-1-2-4-12(10)11/h1-4,8-9,11,13,15-16,19,25-26H,5-7H2,(H2,20,21,22)/t11?,13-,15-,16-,19-/m1/s1. The van der Waals surface area contributed by atoms with Gasteiger partial charge in [-0.2, -0.15) is 0 Å². The lowest BCUT2D eigenvalue weighted by atomic mass is 9.92. The van der Waals surface area contributed by atoms with Crippen molar-refractivity contribution in [3.05, 3.63) is 48.0 Å². The number of aliphatic hydroxyl groups is 2. The van der Waals surface area contributed by atoms with E-state index in [4.69, 9.17) is 10.5 Å². The van der Waals surface area contributed by atoms with Gasteiger partial charge in [-0.1, -0.05) is 24.3 Å². The summed E-state index contributed by atoms with van der Waals surface area (Å²) in [6.07, 6.45) is 2.33. The molecule has 0 saturated carbocycles. The maximum absolute atomic E-state index is 10.6. The first-order valence-electron chi connectivity index (χ1n) is 9.16. The van der Waals surface area contributed by atoms with Crippen LogP contribution in [0, 0.1) is 0 Å². The predicted molar refractivity (Wildman–Crippen MR) is 97.8 cm³/mol. The molecule has 1 aromatic carbocycles. The van der Waals surface area contributed by atoms with Gasteiger partial charge in [0.25, 0.3) is 0 Å². The summed E-state index contributed by atoms with van der Waals surface area (Å²) in [6, 6.07) is 8.40. The minimum Gasteiger partial charge on any atom is -0.388 e. The Morgan fingerprint density at radius 2 is 2.00 bits per heavy atom. The van der Waals surface area contributed by atoms with Crippen LogP contribution >= 0.6 is 0 Å². The van der Waals surface area contributed by atoms with Crippen molar-refractivity contribution >= 4 is 17.0 Å². The predicted octanol–water partition coefficient (Wildman–Crippen LogP) is 1.15. The van der Waals surface area contributed by atoms with E-state index >= 15 is 0 Å². The number of anilines is 1. The van der Waals surface area contributed by atoms with Crippen molar-refractivity contribution in [2.45, 2.75) is 49.7 Å². The number of aliphatic hydroxyl groups excluding tert-OH is 2. The van der Waals surface area contributed by atoms with Gasteiger partial charge >= 0.3 is 0 Å². The number of ether oxygens (including phenoxy) is 1. The molecule has 4 N–H and O–H groups in total. The second kappa shape index (κ2) is 6.26. The molecule has 8 heteroatoms. The number of hydrogen-bond donors (Lipinski definition) is 3. The second-order valence-electron chi connectivity index (χ2n) is 7.30. The van der Waals surface area contributed by atoms with E-state index in [0.29, 0.717) is 23.5 Å². The number of hydrogen-bond acceptors (Lipinski definition) is 7. The van der Waals surface area contributed by atoms with Crippen LogP contribution in [0.4, 0.5) is 5.82 Å². The molecule has 1 fully saturated rings. The Labute approximate surface area is 155 Å². The van der Waals surface area contributed by atoms with E-state index in [2.05, 4.69) is 33.2 Å². The molecule has 3 heterocycles. The number of aryl methyl sites for hydroxylation is 1. The van der Waals surface area contributed by atoms with Crippen LogP contribution in [0.5, 0.6) is 0 Å². The third-order valence-electron chi connectivity index (χ3n) is 5.77. The summed E-state index contributed by atoms with van der Waals surface area (Å²) < 4.78 is 7.69. The van der Waals surface area contributed by atoms with Gasteiger partial charge in [-0.15, -0.1) is 0 Å². The van der Waals surface area contributed by atoms with Gasteiger partial charge in [0.05, 0.1) is 12.4 Å². The lowest BCUT2D eigenvalue weighted by Crippen LogP contribution is -2.32. The quantitative estimate of drug-likeness (QED) is 0.635. The Hall–Kier alpha value is -2.55. The molecule has 1 aliphatic carbocycles. The topological polar surface area (TPSA) is 119 Å². The summed E-state index contributed by atoms with van der Waals surface area (Å²) in [6.45, 7) is 0. The molecular weight excluding hydrogens is 346 g/mol. The second-order valence-corrected chi connectivity index (χ2v) is 7.30. The molecule has 27 heavy (non-hydrogen) atoms. The molecule has 2 aromatic heterocycles. The Morgan fingerprint density at radius 1 is 1.15 bits per heavy atom. The molecule has 3 aromatic rings. The zero-order valence-corrected chi connectivity index (χ0v) is 14.6. The monoisotopic (exact) mass is 367 g/mol. The van der Waals surface area contributed by atoms with Gasteiger partial charge in [-0.25, -0.2) is 15.0 Å². The maximum atomic E-state index is 10.6. The fourth-order valence-electron chi connectivity index (χ4n) is 4.38. The highest BCUT2D eigenvalue weighted by Crippen LogP contribution is 2.41. The Morgan fingerprint density at radius 3 is 2.89 bits per heavy atom. The van der Waals surface area contributed by atoms with E-state index in [-0.39, 0.29) is 5.82 Å². The van der Waals surface area contributed by atoms with Gasteiger partial charge in [0, 0.05) is 0 Å². The van der Waals surface area contributed by atoms with Crippen LogP contribution in [0.3, 0.4) is 0 Å². The lowest BCUT2D eigenvalue weighted by Gasteiger charge is -2.19. The van der Waals surface area contributed by atoms with Crippen molar-refractivity contribution in [1.29, 1.82) is 0 Å². The summed E-state index contributed by atoms with van der Waals surface area (Å²) >= 11 is 0. The largest absolute Gasteiger partial charge is 0.388 e. The minimum absolute atomic E-state index is 0.269. The van der Waals surface area contributed by atoms with Crippen LogP contribution in [-0.2, 0) is 11.2 Å². The number of fused-ring (bicyclic) bond motifs is 2. The molecule has 0 spiro atoms. The van der Waals surface area contributed by atoms with E-state index in [1.54, 1.807) is 4.57 Å². The molecule has 5 rings (SSSR count). The molecule has 0 bridgehead atoms. The first kappa shape index (κ1) is 16.6. The van der Waals surface area contributed by atoms with Crippen molar-refractivity contribution in [3.8, 4) is 0 Å². The maximum Gasteiger partial charge on any atom is 0.167 e. The molecule has 1 saturated heterocycles. The van der Waals surface area contributed by atoms with Crippen molar-refractivity contribution in [3.63, 3.8) is 0 Å². The van der Waals surface area contributed by atoms with Crippen LogP contribution in [0.15, 0.2) is 36.9 Å². The zero-order valence-electron chi connectivity index (χ0n) is 14.6. The number of nitrogens with zero attached hydrogens (tertiary/aromatic N) is 4. The summed E-state index contributed by atoms with van der Waals surface area (Å²) in [5, 5.41) is 21.2. The average molecular weight is 367 g/mol. The van der Waals surface area contributed by atoms with Gasteiger partial charge in [-0.05, 0) is 36.3 Å². The lowest BCUT2D eigenvalue weighted by molar-refractivity contribution is -0.0387. The first-order valence-corrected chi connectivity index (χ1v) is 9.16. The Bertz CT molecular complexity index is 990. The van der Waals surface area contributed by atoms with Crippen LogP contribution in [0.25, 0.3) is 11.2 Å². The van der Waals surface area contributed by atoms with E-state index in [9.17, 15) is 10.2 Å². The molecule has 8 nitrogen and oxygen atoms in total. The number of benzene rings is 1. The number of rotatable bonds is 3. The molecule has 140 valence electrons. The van der Waals surface area contributed by atoms with Crippen LogP contribution in [0.1, 0.15) is 36.1 Å². The van der Waals surface area contributed by atoms with Crippen LogP contribution in [-0.4, -0.2) is 48.0 Å². The molecule has 5 atom stereocenters. The highest BCUT2D eigenvalue weighted by atomic mass is 16.6.